The molecule has 0 spiro atoms. The lowest BCUT2D eigenvalue weighted by atomic mass is 10.0. The number of hydrogen-bond acceptors (Lipinski definition) is 3. The van der Waals surface area contributed by atoms with Gasteiger partial charge in [-0.05, 0) is 43.8 Å². The van der Waals surface area contributed by atoms with Crippen molar-refractivity contribution >= 4 is 11.3 Å². The molecule has 2 nitrogen and oxygen atoms in total. The lowest BCUT2D eigenvalue weighted by Crippen LogP contribution is -2.15. The third-order valence-corrected chi connectivity index (χ3v) is 3.90. The monoisotopic (exact) mass is 261 g/mol. The van der Waals surface area contributed by atoms with Gasteiger partial charge in [0.05, 0.1) is 12.1 Å². The van der Waals surface area contributed by atoms with Crippen molar-refractivity contribution < 1.29 is 4.74 Å². The van der Waals surface area contributed by atoms with Crippen LogP contribution in [0.25, 0.3) is 0 Å². The second-order valence-electron chi connectivity index (χ2n) is 4.65. The molecule has 3 heteroatoms. The Hall–Kier alpha value is -1.32. The molecule has 0 amide bonds. The second-order valence-corrected chi connectivity index (χ2v) is 5.60. The van der Waals surface area contributed by atoms with Crippen LogP contribution >= 0.6 is 11.3 Å². The van der Waals surface area contributed by atoms with Gasteiger partial charge in [-0.3, -0.25) is 0 Å². The summed E-state index contributed by atoms with van der Waals surface area (Å²) in [7, 11) is 0. The van der Waals surface area contributed by atoms with Gasteiger partial charge in [0.2, 0.25) is 0 Å². The number of ether oxygens (including phenoxy) is 1. The molecule has 2 N–H and O–H groups in total. The van der Waals surface area contributed by atoms with Crippen LogP contribution in [0.4, 0.5) is 0 Å². The van der Waals surface area contributed by atoms with E-state index in [2.05, 4.69) is 18.4 Å². The summed E-state index contributed by atoms with van der Waals surface area (Å²) in [6.45, 7) is 6.15. The van der Waals surface area contributed by atoms with Gasteiger partial charge in [0.15, 0.2) is 0 Å². The molecule has 1 aromatic carbocycles. The van der Waals surface area contributed by atoms with Crippen molar-refractivity contribution in [2.75, 3.05) is 0 Å². The van der Waals surface area contributed by atoms with Crippen LogP contribution in [0.5, 0.6) is 5.75 Å². The number of rotatable bonds is 4. The highest BCUT2D eigenvalue weighted by Crippen LogP contribution is 2.32. The molecule has 0 aliphatic heterocycles. The fourth-order valence-electron chi connectivity index (χ4n) is 1.94. The van der Waals surface area contributed by atoms with E-state index in [4.69, 9.17) is 10.5 Å². The van der Waals surface area contributed by atoms with Crippen molar-refractivity contribution in [3.05, 3.63) is 51.7 Å². The van der Waals surface area contributed by atoms with Gasteiger partial charge in [0.25, 0.3) is 0 Å². The molecule has 96 valence electrons. The van der Waals surface area contributed by atoms with Gasteiger partial charge in [-0.25, -0.2) is 0 Å². The molecule has 1 aromatic heterocycles. The average Bonchev–Trinajstić information content (AvgIpc) is 2.74. The summed E-state index contributed by atoms with van der Waals surface area (Å²) in [5.41, 5.74) is 8.66. The summed E-state index contributed by atoms with van der Waals surface area (Å²) in [5.74, 6) is 0.882. The van der Waals surface area contributed by atoms with Crippen LogP contribution in [0, 0.1) is 6.92 Å². The molecule has 0 bridgehead atoms. The first kappa shape index (κ1) is 13.1. The van der Waals surface area contributed by atoms with Gasteiger partial charge in [-0.15, -0.1) is 11.3 Å². The molecule has 2 aromatic rings. The minimum absolute atomic E-state index is 0.111. The van der Waals surface area contributed by atoms with Crippen molar-refractivity contribution in [2.24, 2.45) is 5.73 Å². The van der Waals surface area contributed by atoms with Crippen LogP contribution in [0.15, 0.2) is 35.7 Å². The topological polar surface area (TPSA) is 35.2 Å². The Morgan fingerprint density at radius 3 is 2.50 bits per heavy atom. The molecule has 0 aliphatic carbocycles. The molecule has 18 heavy (non-hydrogen) atoms. The fraction of sp³-hybridized carbons (Fsp3) is 0.333. The summed E-state index contributed by atoms with van der Waals surface area (Å²) in [6, 6.07) is 10.0. The van der Waals surface area contributed by atoms with E-state index in [0.717, 1.165) is 11.3 Å². The maximum atomic E-state index is 6.37. The smallest absolute Gasteiger partial charge is 0.124 e. The molecule has 2 rings (SSSR count). The zero-order valence-corrected chi connectivity index (χ0v) is 11.8. The number of hydrogen-bond donors (Lipinski definition) is 1. The van der Waals surface area contributed by atoms with Crippen LogP contribution in [-0.2, 0) is 0 Å². The van der Waals surface area contributed by atoms with Crippen LogP contribution in [-0.4, -0.2) is 6.10 Å². The zero-order chi connectivity index (χ0) is 13.1. The normalized spacial score (nSPS) is 12.7. The highest BCUT2D eigenvalue weighted by molar-refractivity contribution is 7.10. The number of aryl methyl sites for hydroxylation is 1. The fourth-order valence-corrected chi connectivity index (χ4v) is 2.89. The van der Waals surface area contributed by atoms with Crippen LogP contribution in [0.2, 0.25) is 0 Å². The van der Waals surface area contributed by atoms with Gasteiger partial charge in [-0.1, -0.05) is 18.2 Å². The molecular weight excluding hydrogens is 242 g/mol. The first-order valence-electron chi connectivity index (χ1n) is 6.14. The maximum absolute atomic E-state index is 6.37. The molecular formula is C15H19NOS. The highest BCUT2D eigenvalue weighted by atomic mass is 32.1. The van der Waals surface area contributed by atoms with E-state index in [1.165, 1.54) is 10.4 Å². The van der Waals surface area contributed by atoms with E-state index in [9.17, 15) is 0 Å². The Morgan fingerprint density at radius 2 is 1.89 bits per heavy atom. The minimum atomic E-state index is -0.111. The Kier molecular flexibility index (Phi) is 4.04. The van der Waals surface area contributed by atoms with E-state index in [1.807, 2.05) is 38.1 Å². The van der Waals surface area contributed by atoms with Crippen molar-refractivity contribution in [1.82, 2.24) is 0 Å². The summed E-state index contributed by atoms with van der Waals surface area (Å²) >= 11 is 1.70. The molecule has 0 saturated carbocycles. The molecule has 1 atom stereocenters. The lowest BCUT2D eigenvalue weighted by Gasteiger charge is -2.18. The Morgan fingerprint density at radius 1 is 1.17 bits per heavy atom. The van der Waals surface area contributed by atoms with E-state index >= 15 is 0 Å². The second kappa shape index (κ2) is 5.55. The van der Waals surface area contributed by atoms with E-state index < -0.39 is 0 Å². The molecule has 0 radical (unpaired) electrons. The summed E-state index contributed by atoms with van der Waals surface area (Å²) in [5, 5.41) is 2.08. The standard InChI is InChI=1S/C15H19NOS/c1-10(2)17-13-7-5-4-6-12(13)14(16)15-11(3)8-9-18-15/h4-10,14H,16H2,1-3H3. The van der Waals surface area contributed by atoms with Crippen LogP contribution < -0.4 is 10.5 Å². The zero-order valence-electron chi connectivity index (χ0n) is 11.0. The Bertz CT molecular complexity index is 519. The molecule has 1 unspecified atom stereocenters. The van der Waals surface area contributed by atoms with Crippen molar-refractivity contribution in [1.29, 1.82) is 0 Å². The Balaban J connectivity index is 2.36. The van der Waals surface area contributed by atoms with E-state index in [1.54, 1.807) is 11.3 Å². The van der Waals surface area contributed by atoms with Crippen molar-refractivity contribution in [3.8, 4) is 5.75 Å². The van der Waals surface area contributed by atoms with Gasteiger partial charge in [-0.2, -0.15) is 0 Å². The first-order valence-corrected chi connectivity index (χ1v) is 7.02. The van der Waals surface area contributed by atoms with Crippen LogP contribution in [0.3, 0.4) is 0 Å². The summed E-state index contributed by atoms with van der Waals surface area (Å²) < 4.78 is 5.83. The largest absolute Gasteiger partial charge is 0.491 e. The van der Waals surface area contributed by atoms with Gasteiger partial charge in [0, 0.05) is 10.4 Å². The molecule has 0 saturated heterocycles. The first-order chi connectivity index (χ1) is 8.59. The highest BCUT2D eigenvalue weighted by Gasteiger charge is 2.17. The van der Waals surface area contributed by atoms with Gasteiger partial charge < -0.3 is 10.5 Å². The Labute approximate surface area is 112 Å². The number of thiophene rings is 1. The quantitative estimate of drug-likeness (QED) is 0.906. The minimum Gasteiger partial charge on any atom is -0.491 e. The summed E-state index contributed by atoms with van der Waals surface area (Å²) in [4.78, 5) is 1.20. The van der Waals surface area contributed by atoms with Crippen LogP contribution in [0.1, 0.15) is 35.9 Å². The molecule has 0 aliphatic rings. The van der Waals surface area contributed by atoms with E-state index in [0.29, 0.717) is 0 Å². The SMILES string of the molecule is Cc1ccsc1C(N)c1ccccc1OC(C)C. The van der Waals surface area contributed by atoms with E-state index in [-0.39, 0.29) is 12.1 Å². The van der Waals surface area contributed by atoms with Crippen molar-refractivity contribution in [3.63, 3.8) is 0 Å². The lowest BCUT2D eigenvalue weighted by molar-refractivity contribution is 0.239. The number of benzene rings is 1. The number of para-hydroxylation sites is 1. The van der Waals surface area contributed by atoms with Crippen molar-refractivity contribution in [2.45, 2.75) is 32.9 Å². The number of nitrogens with two attached hydrogens (primary N) is 1. The molecule has 0 fully saturated rings. The van der Waals surface area contributed by atoms with Gasteiger partial charge >= 0.3 is 0 Å². The third kappa shape index (κ3) is 2.74. The average molecular weight is 261 g/mol. The molecule has 1 heterocycles. The predicted octanol–water partition coefficient (Wildman–Crippen LogP) is 3.89. The summed E-state index contributed by atoms with van der Waals surface area (Å²) in [6.07, 6.45) is 0.155. The third-order valence-electron chi connectivity index (χ3n) is 2.80. The van der Waals surface area contributed by atoms with Gasteiger partial charge in [0.1, 0.15) is 5.75 Å². The predicted molar refractivity (Wildman–Crippen MR) is 77.3 cm³/mol. The maximum Gasteiger partial charge on any atom is 0.124 e.